The standard InChI is InChI=1S/C31H28ClF3N4O5/c1-37-23-12-17(30(41)42)13-24(43-31(34)35)26(23)36-25(37)15-39-10-8-16(9-11-39)19-4-3-5-22-27(19)44-28(29(40)38(22)2)20-7-6-18(32)14-21(20)33/h3-7,12-14,16,28,31H,8-11,15H2,1-2H3,(H,41,42)/t28-/m0/s1. The minimum atomic E-state index is -3.13. The van der Waals surface area contributed by atoms with Crippen molar-refractivity contribution in [1.29, 1.82) is 0 Å². The van der Waals surface area contributed by atoms with Gasteiger partial charge in [0.2, 0.25) is 6.10 Å². The van der Waals surface area contributed by atoms with Crippen LogP contribution in [0.25, 0.3) is 11.0 Å². The van der Waals surface area contributed by atoms with Gasteiger partial charge < -0.3 is 24.0 Å². The van der Waals surface area contributed by atoms with E-state index >= 15 is 0 Å². The number of carbonyl (C=O) groups is 2. The highest BCUT2D eigenvalue weighted by Crippen LogP contribution is 2.46. The van der Waals surface area contributed by atoms with E-state index in [-0.39, 0.29) is 39.2 Å². The number of aromatic carboxylic acids is 1. The summed E-state index contributed by atoms with van der Waals surface area (Å²) in [6.45, 7) is -1.35. The molecule has 0 saturated carbocycles. The average Bonchev–Trinajstić information content (AvgIpc) is 3.30. The summed E-state index contributed by atoms with van der Waals surface area (Å²) in [7, 11) is 3.35. The van der Waals surface area contributed by atoms with Crippen LogP contribution >= 0.6 is 11.6 Å². The number of fused-ring (bicyclic) bond motifs is 2. The van der Waals surface area contributed by atoms with Gasteiger partial charge in [-0.3, -0.25) is 9.69 Å². The van der Waals surface area contributed by atoms with E-state index in [9.17, 15) is 27.9 Å². The molecule has 4 aromatic rings. The van der Waals surface area contributed by atoms with Gasteiger partial charge in [0.15, 0.2) is 5.75 Å². The van der Waals surface area contributed by atoms with Gasteiger partial charge in [0.25, 0.3) is 5.91 Å². The number of anilines is 1. The molecule has 3 aromatic carbocycles. The number of aromatic nitrogens is 2. The highest BCUT2D eigenvalue weighted by Gasteiger charge is 2.38. The third-order valence-corrected chi connectivity index (χ3v) is 8.56. The second kappa shape index (κ2) is 11.7. The molecule has 44 heavy (non-hydrogen) atoms. The molecule has 1 aromatic heterocycles. The molecule has 1 saturated heterocycles. The first-order valence-electron chi connectivity index (χ1n) is 13.9. The number of carboxylic acids is 1. The van der Waals surface area contributed by atoms with Crippen molar-refractivity contribution in [2.45, 2.75) is 38.0 Å². The number of amides is 1. The van der Waals surface area contributed by atoms with Crippen molar-refractivity contribution in [3.05, 3.63) is 81.9 Å². The fourth-order valence-electron chi connectivity index (χ4n) is 5.99. The molecule has 0 spiro atoms. The number of para-hydroxylation sites is 1. The van der Waals surface area contributed by atoms with E-state index < -0.39 is 24.5 Å². The van der Waals surface area contributed by atoms with Crippen molar-refractivity contribution in [3.8, 4) is 11.5 Å². The molecule has 0 aliphatic carbocycles. The van der Waals surface area contributed by atoms with Crippen molar-refractivity contribution in [2.24, 2.45) is 7.05 Å². The van der Waals surface area contributed by atoms with Gasteiger partial charge in [0.05, 0.1) is 23.3 Å². The third-order valence-electron chi connectivity index (χ3n) is 8.32. The Morgan fingerprint density at radius 3 is 2.57 bits per heavy atom. The number of alkyl halides is 2. The van der Waals surface area contributed by atoms with Crippen molar-refractivity contribution in [1.82, 2.24) is 14.5 Å². The third kappa shape index (κ3) is 5.43. The summed E-state index contributed by atoms with van der Waals surface area (Å²) in [6, 6.07) is 12.2. The first-order chi connectivity index (χ1) is 21.0. The number of piperidine rings is 1. The summed E-state index contributed by atoms with van der Waals surface area (Å²) in [5.41, 5.74) is 2.03. The van der Waals surface area contributed by atoms with Crippen molar-refractivity contribution < 1.29 is 37.3 Å². The minimum absolute atomic E-state index is 0.100. The number of carbonyl (C=O) groups excluding carboxylic acids is 1. The van der Waals surface area contributed by atoms with E-state index in [1.54, 1.807) is 24.7 Å². The highest BCUT2D eigenvalue weighted by molar-refractivity contribution is 6.30. The number of hydrogen-bond donors (Lipinski definition) is 1. The van der Waals surface area contributed by atoms with Crippen LogP contribution in [0.1, 0.15) is 52.2 Å². The number of imidazole rings is 1. The smallest absolute Gasteiger partial charge is 0.387 e. The number of ether oxygens (including phenoxy) is 2. The predicted octanol–water partition coefficient (Wildman–Crippen LogP) is 6.14. The Morgan fingerprint density at radius 1 is 1.14 bits per heavy atom. The van der Waals surface area contributed by atoms with Crippen LogP contribution in [0.5, 0.6) is 11.5 Å². The molecule has 0 bridgehead atoms. The Labute approximate surface area is 255 Å². The van der Waals surface area contributed by atoms with Gasteiger partial charge in [-0.2, -0.15) is 8.78 Å². The number of likely N-dealkylation sites (N-methyl/N-ethyl adjacent to an activating group) is 1. The van der Waals surface area contributed by atoms with Gasteiger partial charge in [-0.1, -0.05) is 29.8 Å². The van der Waals surface area contributed by atoms with Crippen molar-refractivity contribution in [2.75, 3.05) is 25.0 Å². The largest absolute Gasteiger partial charge is 0.478 e. The number of hydrogen-bond acceptors (Lipinski definition) is 6. The molecule has 9 nitrogen and oxygen atoms in total. The number of nitrogens with zero attached hydrogens (tertiary/aromatic N) is 4. The van der Waals surface area contributed by atoms with Gasteiger partial charge in [0, 0.05) is 24.7 Å². The maximum Gasteiger partial charge on any atom is 0.387 e. The van der Waals surface area contributed by atoms with Crippen LogP contribution in [-0.2, 0) is 18.4 Å². The highest BCUT2D eigenvalue weighted by atomic mass is 35.5. The molecule has 1 amide bonds. The molecule has 3 heterocycles. The number of likely N-dealkylation sites (tertiary alicyclic amines) is 1. The van der Waals surface area contributed by atoms with Crippen molar-refractivity contribution in [3.63, 3.8) is 0 Å². The van der Waals surface area contributed by atoms with E-state index in [4.69, 9.17) is 16.3 Å². The van der Waals surface area contributed by atoms with E-state index in [1.807, 2.05) is 12.1 Å². The van der Waals surface area contributed by atoms with E-state index in [0.29, 0.717) is 42.4 Å². The van der Waals surface area contributed by atoms with E-state index in [0.717, 1.165) is 30.5 Å². The lowest BCUT2D eigenvalue weighted by molar-refractivity contribution is -0.126. The van der Waals surface area contributed by atoms with E-state index in [1.165, 1.54) is 23.1 Å². The second-order valence-corrected chi connectivity index (χ2v) is 11.4. The van der Waals surface area contributed by atoms with Gasteiger partial charge in [-0.05, 0) is 67.7 Å². The number of aryl methyl sites for hydroxylation is 1. The predicted molar refractivity (Wildman–Crippen MR) is 156 cm³/mol. The molecule has 230 valence electrons. The summed E-state index contributed by atoms with van der Waals surface area (Å²) in [5.74, 6) is -1.33. The van der Waals surface area contributed by atoms with Gasteiger partial charge >= 0.3 is 12.6 Å². The molecule has 2 aliphatic rings. The summed E-state index contributed by atoms with van der Waals surface area (Å²) >= 11 is 5.92. The second-order valence-electron chi connectivity index (χ2n) is 10.9. The minimum Gasteiger partial charge on any atom is -0.478 e. The lowest BCUT2D eigenvalue weighted by atomic mass is 9.87. The molecule has 2 aliphatic heterocycles. The SMILES string of the molecule is CN1C(=O)[C@H](c2ccc(Cl)cc2F)Oc2c(C3CCN(Cc4nc5c(OC(F)F)cc(C(=O)O)cc5n4C)CC3)cccc21. The fourth-order valence-corrected chi connectivity index (χ4v) is 6.15. The monoisotopic (exact) mass is 628 g/mol. The summed E-state index contributed by atoms with van der Waals surface area (Å²) < 4.78 is 53.5. The van der Waals surface area contributed by atoms with Crippen LogP contribution in [0.3, 0.4) is 0 Å². The Morgan fingerprint density at radius 2 is 1.89 bits per heavy atom. The molecule has 1 N–H and O–H groups in total. The van der Waals surface area contributed by atoms with Crippen LogP contribution < -0.4 is 14.4 Å². The molecular weight excluding hydrogens is 601 g/mol. The van der Waals surface area contributed by atoms with Gasteiger partial charge in [-0.15, -0.1) is 0 Å². The van der Waals surface area contributed by atoms with E-state index in [2.05, 4.69) is 14.6 Å². The first-order valence-corrected chi connectivity index (χ1v) is 14.3. The van der Waals surface area contributed by atoms with Crippen LogP contribution in [0, 0.1) is 5.82 Å². The summed E-state index contributed by atoms with van der Waals surface area (Å²) in [6.07, 6.45) is 0.360. The molecule has 1 atom stereocenters. The Balaban J connectivity index is 1.21. The zero-order chi connectivity index (χ0) is 31.3. The first kappa shape index (κ1) is 29.8. The molecule has 1 fully saturated rings. The molecule has 0 radical (unpaired) electrons. The Hall–Kier alpha value is -4.29. The van der Waals surface area contributed by atoms with Crippen LogP contribution in [0.15, 0.2) is 48.5 Å². The summed E-state index contributed by atoms with van der Waals surface area (Å²) in [5, 5.41) is 9.67. The Bertz CT molecular complexity index is 1770. The normalized spacial score (nSPS) is 17.7. The number of halogens is 4. The Kier molecular flexibility index (Phi) is 7.89. The maximum absolute atomic E-state index is 14.8. The van der Waals surface area contributed by atoms with Crippen molar-refractivity contribution >= 4 is 40.2 Å². The number of carboxylic acid groups (broad SMARTS) is 1. The van der Waals surface area contributed by atoms with Crippen LogP contribution in [-0.4, -0.2) is 58.2 Å². The molecule has 0 unspecified atom stereocenters. The number of benzene rings is 3. The van der Waals surface area contributed by atoms with Gasteiger partial charge in [-0.25, -0.2) is 14.2 Å². The lowest BCUT2D eigenvalue weighted by Crippen LogP contribution is -2.39. The molecule has 13 heteroatoms. The van der Waals surface area contributed by atoms with Gasteiger partial charge in [0.1, 0.15) is 22.9 Å². The maximum atomic E-state index is 14.8. The summed E-state index contributed by atoms with van der Waals surface area (Å²) in [4.78, 5) is 32.9. The lowest BCUT2D eigenvalue weighted by Gasteiger charge is -2.37. The quantitative estimate of drug-likeness (QED) is 0.263. The number of rotatable bonds is 7. The van der Waals surface area contributed by atoms with Crippen LogP contribution in [0.2, 0.25) is 5.02 Å². The van der Waals surface area contributed by atoms with Crippen LogP contribution in [0.4, 0.5) is 18.9 Å². The zero-order valence-electron chi connectivity index (χ0n) is 23.8. The average molecular weight is 629 g/mol. The molecule has 6 rings (SSSR count). The topological polar surface area (TPSA) is 97.1 Å². The molecular formula is C31H28ClF3N4O5. The zero-order valence-corrected chi connectivity index (χ0v) is 24.5. The fraction of sp³-hybridized carbons (Fsp3) is 0.323.